The number of allylic oxidation sites excluding steroid dienone is 23. The molecule has 558 valence electrons. The Balaban J connectivity index is 1.40. The Kier molecular flexibility index (Phi) is 52.2. The minimum Gasteiger partial charge on any atom is -0.394 e. The zero-order valence-corrected chi connectivity index (χ0v) is 59.2. The summed E-state index contributed by atoms with van der Waals surface area (Å²) in [6.45, 7) is 1.57. The summed E-state index contributed by atoms with van der Waals surface area (Å²) in [6.07, 6.45) is 56.8. The summed E-state index contributed by atoms with van der Waals surface area (Å²) in [5.74, 6) is -0.313. The third kappa shape index (κ3) is 38.6. The summed E-state index contributed by atoms with van der Waals surface area (Å²) >= 11 is 0. The molecule has 98 heavy (non-hydrogen) atoms. The number of hydrogen-bond acceptors (Lipinski definition) is 18. The van der Waals surface area contributed by atoms with Gasteiger partial charge in [0.25, 0.3) is 0 Å². The number of aliphatic hydroxyl groups excluding tert-OH is 11. The normalized spacial score (nSPS) is 27.6. The van der Waals surface area contributed by atoms with Crippen LogP contribution in [-0.4, -0.2) is 193 Å². The lowest BCUT2D eigenvalue weighted by Gasteiger charge is -2.48. The van der Waals surface area contributed by atoms with Crippen molar-refractivity contribution in [1.29, 1.82) is 0 Å². The van der Waals surface area contributed by atoms with Crippen LogP contribution >= 0.6 is 0 Å². The maximum absolute atomic E-state index is 13.4. The molecule has 0 bridgehead atoms. The molecule has 0 saturated carbocycles. The van der Waals surface area contributed by atoms with Gasteiger partial charge < -0.3 is 89.9 Å². The van der Waals surface area contributed by atoms with Crippen LogP contribution < -0.4 is 5.32 Å². The van der Waals surface area contributed by atoms with Crippen molar-refractivity contribution in [2.45, 2.75) is 317 Å². The highest BCUT2D eigenvalue weighted by Gasteiger charge is 2.53. The summed E-state index contributed by atoms with van der Waals surface area (Å²) in [6, 6.07) is -1.00. The summed E-state index contributed by atoms with van der Waals surface area (Å²) in [7, 11) is 0. The van der Waals surface area contributed by atoms with Crippen LogP contribution in [0.25, 0.3) is 0 Å². The van der Waals surface area contributed by atoms with E-state index in [-0.39, 0.29) is 18.9 Å². The van der Waals surface area contributed by atoms with Gasteiger partial charge in [-0.2, -0.15) is 0 Å². The molecular weight excluding hydrogens is 1250 g/mol. The van der Waals surface area contributed by atoms with Crippen LogP contribution in [0.15, 0.2) is 146 Å². The Morgan fingerprint density at radius 1 is 0.378 bits per heavy atom. The number of rotatable bonds is 55. The highest BCUT2D eigenvalue weighted by molar-refractivity contribution is 5.76. The first kappa shape index (κ1) is 87.9. The zero-order valence-electron chi connectivity index (χ0n) is 59.2. The number of unbranched alkanes of at least 4 members (excludes halogenated alkanes) is 17. The first-order valence-corrected chi connectivity index (χ1v) is 37.1. The monoisotopic (exact) mass is 1380 g/mol. The Labute approximate surface area is 587 Å². The highest BCUT2D eigenvalue weighted by Crippen LogP contribution is 2.33. The molecule has 0 aromatic heterocycles. The maximum atomic E-state index is 13.4. The van der Waals surface area contributed by atoms with E-state index in [4.69, 9.17) is 28.4 Å². The first-order chi connectivity index (χ1) is 47.8. The Bertz CT molecular complexity index is 2340. The molecule has 1 amide bonds. The second-order valence-corrected chi connectivity index (χ2v) is 25.7. The van der Waals surface area contributed by atoms with E-state index in [1.54, 1.807) is 6.08 Å². The standard InChI is InChI=1S/C79H129NO18/c1-3-5-7-9-11-13-15-17-19-21-22-23-24-25-26-27-28-29-30-31-32-33-34-35-36-37-38-39-40-41-43-45-47-49-51-53-55-57-67(85)80-62(63(84)56-54-52-50-48-46-44-42-20-18-16-14-12-10-8-6-4-2)61-93-77-73(91)70(88)75(65(59-82)95-77)98-79-74(92)71(89)76(66(60-83)96-79)97-78-72(90)69(87)68(86)64(58-81)94-78/h5,7,11,13,17,19,22-23,25-26,28-29,31-32,34-35,37-38,40-41,45,47,54,56,62-66,68-79,81-84,86-92H,3-4,6,8-10,12,14-16,18,20-21,24,27,30,33,36,39,42-44,46,48-53,55,57-61H2,1-2H3,(H,80,85)/b7-5-,13-11-,19-17-,23-22-,26-25-,29-28-,32-31-,35-34-,38-37-,41-40-,47-45-,56-54+. The highest BCUT2D eigenvalue weighted by atomic mass is 16.8. The minimum atomic E-state index is -1.99. The molecule has 3 fully saturated rings. The van der Waals surface area contributed by atoms with Gasteiger partial charge >= 0.3 is 0 Å². The zero-order chi connectivity index (χ0) is 71.1. The van der Waals surface area contributed by atoms with Crippen LogP contribution in [0.5, 0.6) is 0 Å². The minimum absolute atomic E-state index is 0.193. The molecule has 12 N–H and O–H groups in total. The van der Waals surface area contributed by atoms with Gasteiger partial charge in [-0.25, -0.2) is 0 Å². The molecule has 19 nitrogen and oxygen atoms in total. The molecule has 3 aliphatic rings. The number of carbonyl (C=O) groups is 1. The summed E-state index contributed by atoms with van der Waals surface area (Å²) in [5.41, 5.74) is 0. The predicted octanol–water partition coefficient (Wildman–Crippen LogP) is 11.1. The molecular formula is C79H129NO18. The van der Waals surface area contributed by atoms with E-state index in [1.807, 2.05) is 6.08 Å². The van der Waals surface area contributed by atoms with Gasteiger partial charge in [0.2, 0.25) is 5.91 Å². The topological polar surface area (TPSA) is 307 Å². The third-order valence-corrected chi connectivity index (χ3v) is 17.4. The van der Waals surface area contributed by atoms with Crippen LogP contribution in [0.2, 0.25) is 0 Å². The van der Waals surface area contributed by atoms with E-state index in [0.29, 0.717) is 6.42 Å². The van der Waals surface area contributed by atoms with Gasteiger partial charge in [-0.1, -0.05) is 250 Å². The molecule has 0 radical (unpaired) electrons. The van der Waals surface area contributed by atoms with Crippen molar-refractivity contribution in [3.63, 3.8) is 0 Å². The molecule has 17 atom stereocenters. The summed E-state index contributed by atoms with van der Waals surface area (Å²) < 4.78 is 34.3. The lowest BCUT2D eigenvalue weighted by Crippen LogP contribution is -2.66. The van der Waals surface area contributed by atoms with E-state index >= 15 is 0 Å². The molecule has 19 heteroatoms. The average Bonchev–Trinajstić information content (AvgIpc) is 0.784. The number of amides is 1. The van der Waals surface area contributed by atoms with Crippen molar-refractivity contribution in [2.75, 3.05) is 26.4 Å². The van der Waals surface area contributed by atoms with Gasteiger partial charge in [-0.05, 0) is 103 Å². The fourth-order valence-electron chi connectivity index (χ4n) is 11.4. The molecule has 0 aromatic rings. The van der Waals surface area contributed by atoms with E-state index in [0.717, 1.165) is 116 Å². The fourth-order valence-corrected chi connectivity index (χ4v) is 11.4. The van der Waals surface area contributed by atoms with Gasteiger partial charge in [0.1, 0.15) is 73.2 Å². The van der Waals surface area contributed by atoms with Crippen LogP contribution in [0.3, 0.4) is 0 Å². The number of hydrogen-bond donors (Lipinski definition) is 12. The van der Waals surface area contributed by atoms with E-state index in [2.05, 4.69) is 153 Å². The molecule has 3 saturated heterocycles. The van der Waals surface area contributed by atoms with Crippen molar-refractivity contribution >= 4 is 5.91 Å². The SMILES string of the molecule is CC/C=C\C/C=C\C/C=C\C/C=C\C/C=C\C/C=C\C/C=C\C/C=C\C/C=C\C/C=C\C/C=C\CCCCCC(=O)NC(COC1OC(CO)C(OC2OC(CO)C(OC3OC(CO)C(O)C(O)C3O)C(O)C2O)C(O)C1O)C(O)/C=C/CCCCCCCCCCCCCCCC. The van der Waals surface area contributed by atoms with E-state index in [9.17, 15) is 61.0 Å². The molecule has 17 unspecified atom stereocenters. The van der Waals surface area contributed by atoms with Crippen molar-refractivity contribution in [2.24, 2.45) is 0 Å². The van der Waals surface area contributed by atoms with Crippen LogP contribution in [0.4, 0.5) is 0 Å². The fraction of sp³-hybridized carbons (Fsp3) is 0.684. The van der Waals surface area contributed by atoms with Crippen molar-refractivity contribution < 1.29 is 89.4 Å². The number of carbonyl (C=O) groups excluding carboxylic acids is 1. The Hall–Kier alpha value is -4.33. The Morgan fingerprint density at radius 2 is 0.704 bits per heavy atom. The van der Waals surface area contributed by atoms with Gasteiger partial charge in [0.05, 0.1) is 38.6 Å². The van der Waals surface area contributed by atoms with Gasteiger partial charge in [0, 0.05) is 6.42 Å². The van der Waals surface area contributed by atoms with E-state index < -0.39 is 124 Å². The van der Waals surface area contributed by atoms with Gasteiger partial charge in [-0.3, -0.25) is 4.79 Å². The largest absolute Gasteiger partial charge is 0.394 e. The van der Waals surface area contributed by atoms with Crippen molar-refractivity contribution in [3.8, 4) is 0 Å². The van der Waals surface area contributed by atoms with Crippen LogP contribution in [0, 0.1) is 0 Å². The molecule has 3 heterocycles. The van der Waals surface area contributed by atoms with Crippen molar-refractivity contribution in [3.05, 3.63) is 146 Å². The number of nitrogens with one attached hydrogen (secondary N) is 1. The second kappa shape index (κ2) is 58.2. The quantitative estimate of drug-likeness (QED) is 0.0199. The molecule has 3 rings (SSSR count). The predicted molar refractivity (Wildman–Crippen MR) is 387 cm³/mol. The van der Waals surface area contributed by atoms with E-state index in [1.165, 1.54) is 70.6 Å². The third-order valence-electron chi connectivity index (χ3n) is 17.4. The Morgan fingerprint density at radius 3 is 1.10 bits per heavy atom. The lowest BCUT2D eigenvalue weighted by molar-refractivity contribution is -0.379. The molecule has 0 spiro atoms. The first-order valence-electron chi connectivity index (χ1n) is 37.1. The smallest absolute Gasteiger partial charge is 0.220 e. The molecule has 3 aliphatic heterocycles. The average molecular weight is 1380 g/mol. The van der Waals surface area contributed by atoms with Gasteiger partial charge in [0.15, 0.2) is 18.9 Å². The number of ether oxygens (including phenoxy) is 6. The summed E-state index contributed by atoms with van der Waals surface area (Å²) in [5, 5.41) is 121. The molecule has 0 aliphatic carbocycles. The second-order valence-electron chi connectivity index (χ2n) is 25.7. The van der Waals surface area contributed by atoms with Crippen LogP contribution in [0.1, 0.15) is 213 Å². The van der Waals surface area contributed by atoms with Crippen molar-refractivity contribution in [1.82, 2.24) is 5.32 Å². The number of aliphatic hydroxyl groups is 11. The summed E-state index contributed by atoms with van der Waals surface area (Å²) in [4.78, 5) is 13.4. The van der Waals surface area contributed by atoms with Crippen LogP contribution in [-0.2, 0) is 33.2 Å². The maximum Gasteiger partial charge on any atom is 0.220 e. The van der Waals surface area contributed by atoms with Gasteiger partial charge in [-0.15, -0.1) is 0 Å². The molecule has 0 aromatic carbocycles. The lowest BCUT2D eigenvalue weighted by atomic mass is 9.96.